The number of β-amino-alcohol motifs (C(OH)–C–C–N with tert-alkyl or cyclic N) is 1. The molecule has 0 radical (unpaired) electrons. The third kappa shape index (κ3) is 7.84. The average Bonchev–Trinajstić information content (AvgIpc) is 3.84. The minimum absolute atomic E-state index is 0.194. The number of hydrogen-bond donors (Lipinski definition) is 4. The molecule has 3 aliphatic rings. The maximum atomic E-state index is 14.3. The molecule has 0 aromatic heterocycles. The first-order valence-electron chi connectivity index (χ1n) is 14.8. The van der Waals surface area contributed by atoms with Gasteiger partial charge in [-0.25, -0.2) is 13.2 Å². The van der Waals surface area contributed by atoms with E-state index in [-0.39, 0.29) is 19.4 Å². The number of rotatable bonds is 9. The van der Waals surface area contributed by atoms with Crippen LogP contribution in [0.15, 0.2) is 24.3 Å². The van der Waals surface area contributed by atoms with Crippen molar-refractivity contribution in [2.75, 3.05) is 13.7 Å². The number of amides is 4. The third-order valence-corrected chi connectivity index (χ3v) is 11.5. The first-order valence-corrected chi connectivity index (χ1v) is 17.6. The summed E-state index contributed by atoms with van der Waals surface area (Å²) in [6, 6.07) is 4.17. The smallest absolute Gasteiger partial charge is 0.408 e. The molecule has 1 unspecified atom stereocenters. The van der Waals surface area contributed by atoms with Crippen LogP contribution in [0.3, 0.4) is 0 Å². The second-order valence-corrected chi connectivity index (χ2v) is 17.7. The molecule has 1 heterocycles. The number of carbonyl (C=O) groups is 4. The summed E-state index contributed by atoms with van der Waals surface area (Å²) in [5, 5.41) is 16.6. The summed E-state index contributed by atoms with van der Waals surface area (Å²) in [4.78, 5) is 55.5. The molecule has 250 valence electrons. The van der Waals surface area contributed by atoms with Gasteiger partial charge in [0.25, 0.3) is 5.91 Å². The van der Waals surface area contributed by atoms with E-state index >= 15 is 0 Å². The van der Waals surface area contributed by atoms with Crippen molar-refractivity contribution in [1.82, 2.24) is 20.3 Å². The number of carbonyl (C=O) groups excluding carboxylic acids is 4. The standard InChI is InChI=1S/C30H43IN4O9S/c1-27(2,3)22(32-26(39)44-28(4,5)6)24(37)35-16-29(40,17-8-10-18(43-7)11-9-17)14-20(35)23(36)33-30(15-21(30)31)25(38)34-45(41,42)19-12-13-19/h8-11,19-22,40H,12-16H2,1-7H3,(H,32,39)(H,33,36)(H,34,38)/t20-,21+,22?,29-,30+/m0/s1. The Hall–Kier alpha value is -2.66. The lowest BCUT2D eigenvalue weighted by Crippen LogP contribution is -2.60. The summed E-state index contributed by atoms with van der Waals surface area (Å²) in [6.07, 6.45) is 0.0827. The van der Waals surface area contributed by atoms with Gasteiger partial charge in [0, 0.05) is 10.3 Å². The van der Waals surface area contributed by atoms with E-state index in [4.69, 9.17) is 9.47 Å². The summed E-state index contributed by atoms with van der Waals surface area (Å²) in [5.41, 5.74) is -4.39. The molecular formula is C30H43IN4O9S. The van der Waals surface area contributed by atoms with E-state index in [1.165, 1.54) is 12.0 Å². The molecule has 5 atom stereocenters. The van der Waals surface area contributed by atoms with Crippen molar-refractivity contribution in [3.63, 3.8) is 0 Å². The van der Waals surface area contributed by atoms with Crippen LogP contribution in [0.2, 0.25) is 0 Å². The number of sulfonamides is 1. The Morgan fingerprint density at radius 2 is 1.62 bits per heavy atom. The maximum absolute atomic E-state index is 14.3. The molecule has 1 aromatic carbocycles. The Balaban J connectivity index is 1.65. The van der Waals surface area contributed by atoms with E-state index in [9.17, 15) is 32.7 Å². The number of alkyl halides is 1. The Bertz CT molecular complexity index is 1450. The normalized spacial score (nSPS) is 27.3. The van der Waals surface area contributed by atoms with E-state index in [1.807, 2.05) is 22.6 Å². The number of benzene rings is 1. The first-order chi connectivity index (χ1) is 20.6. The van der Waals surface area contributed by atoms with Gasteiger partial charge in [-0.3, -0.25) is 19.1 Å². The van der Waals surface area contributed by atoms with Gasteiger partial charge in [-0.1, -0.05) is 55.5 Å². The van der Waals surface area contributed by atoms with Crippen LogP contribution in [-0.4, -0.2) is 88.3 Å². The van der Waals surface area contributed by atoms with E-state index in [1.54, 1.807) is 65.8 Å². The van der Waals surface area contributed by atoms with Crippen LogP contribution in [0.25, 0.3) is 0 Å². The van der Waals surface area contributed by atoms with Crippen molar-refractivity contribution >= 4 is 56.4 Å². The fraction of sp³-hybridized carbons (Fsp3) is 0.667. The summed E-state index contributed by atoms with van der Waals surface area (Å²) < 4.78 is 37.4. The number of likely N-dealkylation sites (tertiary alicyclic amines) is 1. The van der Waals surface area contributed by atoms with Crippen LogP contribution in [-0.2, 0) is 34.7 Å². The van der Waals surface area contributed by atoms with Crippen LogP contribution >= 0.6 is 22.6 Å². The molecule has 1 aromatic rings. The van der Waals surface area contributed by atoms with Gasteiger partial charge < -0.3 is 30.1 Å². The first kappa shape index (κ1) is 35.2. The quantitative estimate of drug-likeness (QED) is 0.217. The van der Waals surface area contributed by atoms with Gasteiger partial charge >= 0.3 is 6.09 Å². The molecule has 15 heteroatoms. The molecule has 3 fully saturated rings. The molecular weight excluding hydrogens is 719 g/mol. The third-order valence-electron chi connectivity index (χ3n) is 8.15. The minimum Gasteiger partial charge on any atom is -0.497 e. The predicted octanol–water partition coefficient (Wildman–Crippen LogP) is 2.09. The van der Waals surface area contributed by atoms with Gasteiger partial charge in [-0.05, 0) is 63.1 Å². The number of nitrogens with zero attached hydrogens (tertiary/aromatic N) is 1. The zero-order valence-electron chi connectivity index (χ0n) is 26.6. The number of aliphatic hydroxyl groups is 1. The van der Waals surface area contributed by atoms with Crippen LogP contribution in [0.4, 0.5) is 4.79 Å². The fourth-order valence-corrected chi connectivity index (χ4v) is 7.83. The molecule has 4 N–H and O–H groups in total. The second kappa shape index (κ2) is 12.2. The van der Waals surface area contributed by atoms with Crippen LogP contribution in [0, 0.1) is 5.41 Å². The zero-order valence-corrected chi connectivity index (χ0v) is 29.6. The highest BCUT2D eigenvalue weighted by atomic mass is 127. The van der Waals surface area contributed by atoms with Crippen molar-refractivity contribution < 1.29 is 42.2 Å². The number of ether oxygens (including phenoxy) is 2. The van der Waals surface area contributed by atoms with Gasteiger partial charge in [0.1, 0.15) is 34.6 Å². The molecule has 4 amide bonds. The monoisotopic (exact) mass is 762 g/mol. The van der Waals surface area contributed by atoms with E-state index in [0.29, 0.717) is 24.2 Å². The topological polar surface area (TPSA) is 180 Å². The molecule has 1 aliphatic heterocycles. The number of halogens is 1. The van der Waals surface area contributed by atoms with Crippen molar-refractivity contribution in [3.05, 3.63) is 29.8 Å². The molecule has 0 spiro atoms. The van der Waals surface area contributed by atoms with Gasteiger partial charge in [0.2, 0.25) is 21.8 Å². The van der Waals surface area contributed by atoms with Crippen molar-refractivity contribution in [2.24, 2.45) is 5.41 Å². The Kier molecular flexibility index (Phi) is 9.52. The molecule has 2 saturated carbocycles. The highest BCUT2D eigenvalue weighted by molar-refractivity contribution is 14.1. The fourth-order valence-electron chi connectivity index (χ4n) is 5.33. The van der Waals surface area contributed by atoms with Crippen LogP contribution in [0.1, 0.15) is 72.8 Å². The second-order valence-electron chi connectivity index (χ2n) is 14.2. The van der Waals surface area contributed by atoms with Gasteiger partial charge in [0.15, 0.2) is 0 Å². The minimum atomic E-state index is -3.87. The highest BCUT2D eigenvalue weighted by Gasteiger charge is 2.63. The summed E-state index contributed by atoms with van der Waals surface area (Å²) in [5.74, 6) is -1.64. The van der Waals surface area contributed by atoms with Gasteiger partial charge in [0.05, 0.1) is 18.9 Å². The molecule has 45 heavy (non-hydrogen) atoms. The Morgan fingerprint density at radius 1 is 1.04 bits per heavy atom. The molecule has 1 saturated heterocycles. The molecule has 13 nitrogen and oxygen atoms in total. The number of alkyl carbamates (subject to hydrolysis) is 1. The largest absolute Gasteiger partial charge is 0.497 e. The lowest BCUT2D eigenvalue weighted by atomic mass is 9.85. The van der Waals surface area contributed by atoms with E-state index in [0.717, 1.165) is 0 Å². The number of hydrogen-bond acceptors (Lipinski definition) is 9. The van der Waals surface area contributed by atoms with E-state index < -0.39 is 77.3 Å². The lowest BCUT2D eigenvalue weighted by Gasteiger charge is -2.36. The molecule has 4 rings (SSSR count). The van der Waals surface area contributed by atoms with Gasteiger partial charge in [-0.2, -0.15) is 0 Å². The summed E-state index contributed by atoms with van der Waals surface area (Å²) in [6.45, 7) is 10.0. The summed E-state index contributed by atoms with van der Waals surface area (Å²) >= 11 is 1.98. The maximum Gasteiger partial charge on any atom is 0.408 e. The van der Waals surface area contributed by atoms with Gasteiger partial charge in [-0.15, -0.1) is 0 Å². The summed E-state index contributed by atoms with van der Waals surface area (Å²) in [7, 11) is -2.36. The zero-order chi connectivity index (χ0) is 33.8. The molecule has 0 bridgehead atoms. The lowest BCUT2D eigenvalue weighted by molar-refractivity contribution is -0.143. The Labute approximate surface area is 277 Å². The number of nitrogens with one attached hydrogen (secondary N) is 3. The van der Waals surface area contributed by atoms with Crippen molar-refractivity contribution in [3.8, 4) is 5.75 Å². The van der Waals surface area contributed by atoms with E-state index in [2.05, 4.69) is 15.4 Å². The number of methoxy groups -OCH3 is 1. The highest BCUT2D eigenvalue weighted by Crippen LogP contribution is 2.45. The Morgan fingerprint density at radius 3 is 2.09 bits per heavy atom. The average molecular weight is 763 g/mol. The van der Waals surface area contributed by atoms with Crippen molar-refractivity contribution in [1.29, 1.82) is 0 Å². The SMILES string of the molecule is COc1ccc([C@]2(O)C[C@@H](C(=O)N[C@]3(C(=O)NS(=O)(=O)C4CC4)C[C@H]3I)N(C(=O)C(NC(=O)OC(C)(C)C)C(C)(C)C)C2)cc1. The predicted molar refractivity (Wildman–Crippen MR) is 173 cm³/mol. The van der Waals surface area contributed by atoms with Crippen LogP contribution in [0.5, 0.6) is 5.75 Å². The molecule has 2 aliphatic carbocycles. The van der Waals surface area contributed by atoms with Crippen molar-refractivity contribution in [2.45, 2.75) is 105 Å². The van der Waals surface area contributed by atoms with Crippen LogP contribution < -0.4 is 20.1 Å².